The molecule has 10 heteroatoms. The molecule has 3 aromatic carbocycles. The van der Waals surface area contributed by atoms with E-state index in [1.54, 1.807) is 44.4 Å². The van der Waals surface area contributed by atoms with Crippen molar-refractivity contribution in [3.8, 4) is 17.2 Å². The molecule has 2 amide bonds. The number of rotatable bonds is 12. The Bertz CT molecular complexity index is 1260. The van der Waals surface area contributed by atoms with Gasteiger partial charge in [-0.2, -0.15) is 5.10 Å². The predicted molar refractivity (Wildman–Crippen MR) is 154 cm³/mol. The highest BCUT2D eigenvalue weighted by molar-refractivity contribution is 9.10. The van der Waals surface area contributed by atoms with Crippen LogP contribution in [0.2, 0.25) is 0 Å². The number of amides is 2. The van der Waals surface area contributed by atoms with Crippen molar-refractivity contribution in [3.05, 3.63) is 86.3 Å². The van der Waals surface area contributed by atoms with Gasteiger partial charge in [0.15, 0.2) is 11.5 Å². The quantitative estimate of drug-likeness (QED) is 0.203. The maximum absolute atomic E-state index is 12.4. The molecular formula is C28H29Br2N3O5. The molecule has 8 nitrogen and oxygen atoms in total. The van der Waals surface area contributed by atoms with E-state index in [4.69, 9.17) is 14.2 Å². The monoisotopic (exact) mass is 645 g/mol. The molecule has 0 aliphatic carbocycles. The lowest BCUT2D eigenvalue weighted by Crippen LogP contribution is -2.43. The summed E-state index contributed by atoms with van der Waals surface area (Å²) in [4.78, 5) is 24.7. The second-order valence-corrected chi connectivity index (χ2v) is 10.00. The van der Waals surface area contributed by atoms with Crippen molar-refractivity contribution in [2.75, 3.05) is 13.7 Å². The van der Waals surface area contributed by atoms with Crippen LogP contribution in [-0.4, -0.2) is 37.8 Å². The number of nitrogens with zero attached hydrogens (tertiary/aromatic N) is 1. The second-order valence-electron chi connectivity index (χ2n) is 8.23. The number of nitrogens with one attached hydrogen (secondary N) is 2. The molecule has 0 aliphatic rings. The summed E-state index contributed by atoms with van der Waals surface area (Å²) in [5, 5.41) is 6.71. The molecule has 0 fully saturated rings. The highest BCUT2D eigenvalue weighted by Gasteiger charge is 2.16. The van der Waals surface area contributed by atoms with Crippen LogP contribution in [0.1, 0.15) is 30.5 Å². The van der Waals surface area contributed by atoms with Gasteiger partial charge in [0.05, 0.1) is 30.8 Å². The molecule has 0 aliphatic heterocycles. The molecule has 0 aromatic heterocycles. The van der Waals surface area contributed by atoms with Crippen molar-refractivity contribution in [3.63, 3.8) is 0 Å². The Labute approximate surface area is 239 Å². The predicted octanol–water partition coefficient (Wildman–Crippen LogP) is 5.40. The van der Waals surface area contributed by atoms with Gasteiger partial charge in [-0.25, -0.2) is 5.43 Å². The highest BCUT2D eigenvalue weighted by atomic mass is 79.9. The Balaban J connectivity index is 1.56. The highest BCUT2D eigenvalue weighted by Crippen LogP contribution is 2.37. The molecule has 2 N–H and O–H groups in total. The number of hydrazone groups is 1. The van der Waals surface area contributed by atoms with Crippen LogP contribution in [0.4, 0.5) is 0 Å². The summed E-state index contributed by atoms with van der Waals surface area (Å²) in [6.07, 6.45) is 1.64. The fourth-order valence-electron chi connectivity index (χ4n) is 3.36. The van der Waals surface area contributed by atoms with Gasteiger partial charge in [-0.05, 0) is 82.9 Å². The maximum atomic E-state index is 12.4. The van der Waals surface area contributed by atoms with E-state index in [2.05, 4.69) is 47.7 Å². The van der Waals surface area contributed by atoms with Gasteiger partial charge >= 0.3 is 0 Å². The van der Waals surface area contributed by atoms with Crippen molar-refractivity contribution in [1.82, 2.24) is 10.7 Å². The number of methoxy groups -OCH3 is 1. The molecule has 0 spiro atoms. The van der Waals surface area contributed by atoms with Gasteiger partial charge in [-0.1, -0.05) is 40.2 Å². The van der Waals surface area contributed by atoms with E-state index in [1.165, 1.54) is 6.21 Å². The third-order valence-electron chi connectivity index (χ3n) is 5.31. The van der Waals surface area contributed by atoms with Crippen LogP contribution < -0.4 is 25.0 Å². The number of benzene rings is 3. The number of carbonyl (C=O) groups excluding carboxylic acids is 2. The minimum Gasteiger partial charge on any atom is -0.497 e. The van der Waals surface area contributed by atoms with E-state index in [9.17, 15) is 9.59 Å². The van der Waals surface area contributed by atoms with E-state index in [0.29, 0.717) is 40.5 Å². The largest absolute Gasteiger partial charge is 0.497 e. The lowest BCUT2D eigenvalue weighted by molar-refractivity contribution is -0.128. The molecule has 38 heavy (non-hydrogen) atoms. The topological polar surface area (TPSA) is 98.2 Å². The van der Waals surface area contributed by atoms with E-state index < -0.39 is 11.9 Å². The van der Waals surface area contributed by atoms with Crippen molar-refractivity contribution < 1.29 is 23.8 Å². The third kappa shape index (κ3) is 8.88. The van der Waals surface area contributed by atoms with Crippen LogP contribution in [0.3, 0.4) is 0 Å². The van der Waals surface area contributed by atoms with Crippen molar-refractivity contribution >= 4 is 49.9 Å². The molecule has 0 radical (unpaired) electrons. The molecular weight excluding hydrogens is 618 g/mol. The van der Waals surface area contributed by atoms with E-state index in [0.717, 1.165) is 15.6 Å². The smallest absolute Gasteiger partial charge is 0.262 e. The van der Waals surface area contributed by atoms with Crippen molar-refractivity contribution in [1.29, 1.82) is 0 Å². The molecule has 1 atom stereocenters. The van der Waals surface area contributed by atoms with Crippen molar-refractivity contribution in [2.45, 2.75) is 32.9 Å². The first-order valence-electron chi connectivity index (χ1n) is 11.9. The lowest BCUT2D eigenvalue weighted by atomic mass is 10.1. The van der Waals surface area contributed by atoms with E-state index in [-0.39, 0.29) is 12.3 Å². The summed E-state index contributed by atoms with van der Waals surface area (Å²) in [6, 6.07) is 17.9. The van der Waals surface area contributed by atoms with Gasteiger partial charge in [-0.15, -0.1) is 0 Å². The Kier molecular flexibility index (Phi) is 11.2. The average Bonchev–Trinajstić information content (AvgIpc) is 2.89. The maximum Gasteiger partial charge on any atom is 0.262 e. The van der Waals surface area contributed by atoms with Crippen molar-refractivity contribution in [2.24, 2.45) is 5.10 Å². The summed E-state index contributed by atoms with van der Waals surface area (Å²) in [6.45, 7) is 4.31. The molecule has 3 aromatic rings. The normalized spacial score (nSPS) is 11.6. The number of carbonyl (C=O) groups is 2. The summed E-state index contributed by atoms with van der Waals surface area (Å²) in [5.74, 6) is 1.12. The average molecular weight is 647 g/mol. The molecule has 3 rings (SSSR count). The first kappa shape index (κ1) is 29.2. The standard InChI is InChI=1S/C28H29Br2N3O5/c1-4-37-25-14-21(13-24(30)27(25)38-17-20-5-9-22(29)10-6-20)16-31-33-28(35)18(2)32-26(34)15-19-7-11-23(36-3)12-8-19/h5-14,16,18H,4,15,17H2,1-3H3,(H,32,34)(H,33,35). The van der Waals surface area contributed by atoms with Crippen LogP contribution in [0, 0.1) is 0 Å². The third-order valence-corrected chi connectivity index (χ3v) is 6.43. The first-order valence-corrected chi connectivity index (χ1v) is 13.5. The van der Waals surface area contributed by atoms with Gasteiger partial charge in [0.1, 0.15) is 18.4 Å². The molecule has 0 heterocycles. The number of hydrogen-bond donors (Lipinski definition) is 2. The minimum absolute atomic E-state index is 0.148. The summed E-state index contributed by atoms with van der Waals surface area (Å²) in [7, 11) is 1.58. The van der Waals surface area contributed by atoms with Gasteiger partial charge in [0, 0.05) is 4.47 Å². The fourth-order valence-corrected chi connectivity index (χ4v) is 4.19. The van der Waals surface area contributed by atoms with Crippen LogP contribution in [0.5, 0.6) is 17.2 Å². The molecule has 0 saturated heterocycles. The van der Waals surface area contributed by atoms with Crippen LogP contribution in [-0.2, 0) is 22.6 Å². The van der Waals surface area contributed by atoms with Gasteiger partial charge < -0.3 is 19.5 Å². The molecule has 0 bridgehead atoms. The second kappa shape index (κ2) is 14.5. The molecule has 1 unspecified atom stereocenters. The van der Waals surface area contributed by atoms with Gasteiger partial charge in [0.25, 0.3) is 5.91 Å². The minimum atomic E-state index is -0.766. The van der Waals surface area contributed by atoms with E-state index in [1.807, 2.05) is 37.3 Å². The Morgan fingerprint density at radius 1 is 1.00 bits per heavy atom. The summed E-state index contributed by atoms with van der Waals surface area (Å²) >= 11 is 6.97. The lowest BCUT2D eigenvalue weighted by Gasteiger charge is -2.15. The van der Waals surface area contributed by atoms with Crippen LogP contribution in [0.15, 0.2) is 74.7 Å². The summed E-state index contributed by atoms with van der Waals surface area (Å²) in [5.41, 5.74) is 4.98. The molecule has 200 valence electrons. The zero-order valence-electron chi connectivity index (χ0n) is 21.3. The fraction of sp³-hybridized carbons (Fsp3) is 0.250. The van der Waals surface area contributed by atoms with Crippen LogP contribution in [0.25, 0.3) is 0 Å². The number of ether oxygens (including phenoxy) is 3. The van der Waals surface area contributed by atoms with E-state index >= 15 is 0 Å². The Morgan fingerprint density at radius 2 is 1.68 bits per heavy atom. The first-order chi connectivity index (χ1) is 18.3. The van der Waals surface area contributed by atoms with Crippen LogP contribution >= 0.6 is 31.9 Å². The Morgan fingerprint density at radius 3 is 2.34 bits per heavy atom. The van der Waals surface area contributed by atoms with Gasteiger partial charge in [0.2, 0.25) is 5.91 Å². The Hall–Kier alpha value is -3.37. The zero-order valence-corrected chi connectivity index (χ0v) is 24.5. The molecule has 0 saturated carbocycles. The zero-order chi connectivity index (χ0) is 27.5. The SMILES string of the molecule is CCOc1cc(C=NNC(=O)C(C)NC(=O)Cc2ccc(OC)cc2)cc(Br)c1OCc1ccc(Br)cc1. The number of hydrogen-bond acceptors (Lipinski definition) is 6. The summed E-state index contributed by atoms with van der Waals surface area (Å²) < 4.78 is 18.6. The van der Waals surface area contributed by atoms with Gasteiger partial charge in [-0.3, -0.25) is 9.59 Å². The number of halogens is 2.